The van der Waals surface area contributed by atoms with Crippen LogP contribution in [0.4, 0.5) is 4.39 Å². The second kappa shape index (κ2) is 7.92. The van der Waals surface area contributed by atoms with Gasteiger partial charge in [-0.05, 0) is 30.9 Å². The number of nitrogens with one attached hydrogen (secondary N) is 1. The number of likely N-dealkylation sites (tertiary alicyclic amines) is 1. The summed E-state index contributed by atoms with van der Waals surface area (Å²) in [5.74, 6) is -0.144. The molecule has 120 valence electrons. The van der Waals surface area contributed by atoms with Gasteiger partial charge in [-0.25, -0.2) is 4.39 Å². The van der Waals surface area contributed by atoms with E-state index >= 15 is 0 Å². The molecule has 0 bridgehead atoms. The Labute approximate surface area is 130 Å². The minimum absolute atomic E-state index is 0.0523. The number of hydrogen-bond acceptors (Lipinski definition) is 2. The summed E-state index contributed by atoms with van der Waals surface area (Å²) in [6.07, 6.45) is 2.80. The van der Waals surface area contributed by atoms with Crippen molar-refractivity contribution >= 4 is 11.8 Å². The number of nitrogens with zero attached hydrogens (tertiary/aromatic N) is 1. The van der Waals surface area contributed by atoms with Gasteiger partial charge in [0.25, 0.3) is 0 Å². The zero-order valence-corrected chi connectivity index (χ0v) is 13.0. The Morgan fingerprint density at radius 1 is 1.27 bits per heavy atom. The Balaban J connectivity index is 1.72. The molecular weight excluding hydrogens is 283 g/mol. The van der Waals surface area contributed by atoms with Gasteiger partial charge in [-0.3, -0.25) is 9.59 Å². The van der Waals surface area contributed by atoms with Crippen LogP contribution in [0.2, 0.25) is 0 Å². The fraction of sp³-hybridized carbons (Fsp3) is 0.529. The number of amides is 2. The molecule has 22 heavy (non-hydrogen) atoms. The van der Waals surface area contributed by atoms with Crippen LogP contribution >= 0.6 is 0 Å². The Morgan fingerprint density at radius 2 is 1.95 bits per heavy atom. The predicted octanol–water partition coefficient (Wildman–Crippen LogP) is 2.28. The van der Waals surface area contributed by atoms with Crippen molar-refractivity contribution in [1.82, 2.24) is 10.2 Å². The molecule has 1 saturated heterocycles. The number of rotatable bonds is 5. The molecule has 1 aromatic rings. The van der Waals surface area contributed by atoms with Gasteiger partial charge in [-0.1, -0.05) is 25.1 Å². The molecule has 0 spiro atoms. The van der Waals surface area contributed by atoms with E-state index in [4.69, 9.17) is 0 Å². The van der Waals surface area contributed by atoms with Crippen LogP contribution in [-0.2, 0) is 16.0 Å². The van der Waals surface area contributed by atoms with Gasteiger partial charge in [0.1, 0.15) is 5.82 Å². The van der Waals surface area contributed by atoms with Crippen LogP contribution in [0, 0.1) is 5.82 Å². The third-order valence-electron chi connectivity index (χ3n) is 4.09. The number of piperidine rings is 1. The SMILES string of the molecule is CCC(=O)N1CCC(NC(=O)CCc2ccccc2F)CC1. The minimum atomic E-state index is -0.262. The van der Waals surface area contributed by atoms with Crippen LogP contribution in [0.15, 0.2) is 24.3 Å². The number of aryl methyl sites for hydroxylation is 1. The Morgan fingerprint density at radius 3 is 2.59 bits per heavy atom. The molecule has 1 N–H and O–H groups in total. The van der Waals surface area contributed by atoms with Crippen molar-refractivity contribution in [2.45, 2.75) is 45.1 Å². The highest BCUT2D eigenvalue weighted by Gasteiger charge is 2.22. The number of benzene rings is 1. The normalized spacial score (nSPS) is 15.6. The van der Waals surface area contributed by atoms with Crippen molar-refractivity contribution < 1.29 is 14.0 Å². The number of carbonyl (C=O) groups excluding carboxylic acids is 2. The molecule has 0 radical (unpaired) electrons. The number of carbonyl (C=O) groups is 2. The highest BCUT2D eigenvalue weighted by atomic mass is 19.1. The monoisotopic (exact) mass is 306 g/mol. The van der Waals surface area contributed by atoms with Crippen molar-refractivity contribution in [2.24, 2.45) is 0 Å². The van der Waals surface area contributed by atoms with Crippen molar-refractivity contribution in [3.63, 3.8) is 0 Å². The summed E-state index contributed by atoms with van der Waals surface area (Å²) in [7, 11) is 0. The maximum Gasteiger partial charge on any atom is 0.222 e. The third kappa shape index (κ3) is 4.55. The molecule has 1 aliphatic heterocycles. The summed E-state index contributed by atoms with van der Waals surface area (Å²) in [5.41, 5.74) is 0.570. The number of hydrogen-bond donors (Lipinski definition) is 1. The molecule has 1 aliphatic rings. The van der Waals surface area contributed by atoms with Crippen LogP contribution in [0.5, 0.6) is 0 Å². The van der Waals surface area contributed by atoms with E-state index < -0.39 is 0 Å². The minimum Gasteiger partial charge on any atom is -0.353 e. The molecule has 0 unspecified atom stereocenters. The van der Waals surface area contributed by atoms with Crippen LogP contribution in [-0.4, -0.2) is 35.8 Å². The second-order valence-corrected chi connectivity index (χ2v) is 5.67. The van der Waals surface area contributed by atoms with Gasteiger partial charge < -0.3 is 10.2 Å². The van der Waals surface area contributed by atoms with Gasteiger partial charge >= 0.3 is 0 Å². The fourth-order valence-electron chi connectivity index (χ4n) is 2.75. The molecule has 1 fully saturated rings. The van der Waals surface area contributed by atoms with Crippen molar-refractivity contribution in [3.8, 4) is 0 Å². The third-order valence-corrected chi connectivity index (χ3v) is 4.09. The topological polar surface area (TPSA) is 49.4 Å². The van der Waals surface area contributed by atoms with Crippen LogP contribution in [0.25, 0.3) is 0 Å². The van der Waals surface area contributed by atoms with E-state index in [0.29, 0.717) is 31.5 Å². The highest BCUT2D eigenvalue weighted by molar-refractivity contribution is 5.77. The molecule has 0 aliphatic carbocycles. The summed E-state index contributed by atoms with van der Waals surface area (Å²) in [6.45, 7) is 3.26. The lowest BCUT2D eigenvalue weighted by atomic mass is 10.0. The van der Waals surface area contributed by atoms with Crippen molar-refractivity contribution in [2.75, 3.05) is 13.1 Å². The Bertz CT molecular complexity index is 525. The first kappa shape index (κ1) is 16.5. The van der Waals surface area contributed by atoms with Gasteiger partial charge in [-0.15, -0.1) is 0 Å². The summed E-state index contributed by atoms with van der Waals surface area (Å²) < 4.78 is 13.5. The zero-order valence-electron chi connectivity index (χ0n) is 13.0. The van der Waals surface area contributed by atoms with Crippen LogP contribution in [0.1, 0.15) is 38.2 Å². The van der Waals surface area contributed by atoms with E-state index in [1.54, 1.807) is 18.2 Å². The Hall–Kier alpha value is -1.91. The van der Waals surface area contributed by atoms with E-state index in [9.17, 15) is 14.0 Å². The summed E-state index contributed by atoms with van der Waals surface area (Å²) >= 11 is 0. The lowest BCUT2D eigenvalue weighted by molar-refractivity contribution is -0.132. The molecule has 5 heteroatoms. The van der Waals surface area contributed by atoms with E-state index in [2.05, 4.69) is 5.32 Å². The average Bonchev–Trinajstić information content (AvgIpc) is 2.54. The molecule has 0 atom stereocenters. The van der Waals surface area contributed by atoms with E-state index in [1.165, 1.54) is 6.07 Å². The van der Waals surface area contributed by atoms with E-state index in [0.717, 1.165) is 12.8 Å². The lowest BCUT2D eigenvalue weighted by Crippen LogP contribution is -2.46. The molecule has 4 nitrogen and oxygen atoms in total. The van der Waals surface area contributed by atoms with Crippen LogP contribution < -0.4 is 5.32 Å². The van der Waals surface area contributed by atoms with Crippen LogP contribution in [0.3, 0.4) is 0 Å². The molecule has 1 aromatic carbocycles. The van der Waals surface area contributed by atoms with Gasteiger partial charge in [0, 0.05) is 32.0 Å². The molecule has 0 aromatic heterocycles. The zero-order chi connectivity index (χ0) is 15.9. The average molecular weight is 306 g/mol. The van der Waals surface area contributed by atoms with Gasteiger partial charge in [-0.2, -0.15) is 0 Å². The highest BCUT2D eigenvalue weighted by Crippen LogP contribution is 2.13. The van der Waals surface area contributed by atoms with E-state index in [-0.39, 0.29) is 30.1 Å². The summed E-state index contributed by atoms with van der Waals surface area (Å²) in [6, 6.07) is 6.65. The fourth-order valence-corrected chi connectivity index (χ4v) is 2.75. The largest absolute Gasteiger partial charge is 0.353 e. The van der Waals surface area contributed by atoms with E-state index in [1.807, 2.05) is 11.8 Å². The molecule has 0 saturated carbocycles. The lowest BCUT2D eigenvalue weighted by Gasteiger charge is -2.32. The summed E-state index contributed by atoms with van der Waals surface area (Å²) in [5, 5.41) is 2.99. The van der Waals surface area contributed by atoms with Gasteiger partial charge in [0.05, 0.1) is 0 Å². The number of halogens is 1. The maximum atomic E-state index is 13.5. The first-order chi connectivity index (χ1) is 10.6. The summed E-state index contributed by atoms with van der Waals surface area (Å²) in [4.78, 5) is 25.4. The molecule has 1 heterocycles. The quantitative estimate of drug-likeness (QED) is 0.907. The predicted molar refractivity (Wildman–Crippen MR) is 82.8 cm³/mol. The van der Waals surface area contributed by atoms with Crippen molar-refractivity contribution in [3.05, 3.63) is 35.6 Å². The standard InChI is InChI=1S/C17H23FN2O2/c1-2-17(22)20-11-9-14(10-12-20)19-16(21)8-7-13-5-3-4-6-15(13)18/h3-6,14H,2,7-12H2,1H3,(H,19,21). The Kier molecular flexibility index (Phi) is 5.92. The van der Waals surface area contributed by atoms with Gasteiger partial charge in [0.15, 0.2) is 0 Å². The first-order valence-electron chi connectivity index (χ1n) is 7.90. The van der Waals surface area contributed by atoms with Crippen molar-refractivity contribution in [1.29, 1.82) is 0 Å². The second-order valence-electron chi connectivity index (χ2n) is 5.67. The molecular formula is C17H23FN2O2. The first-order valence-corrected chi connectivity index (χ1v) is 7.90. The smallest absolute Gasteiger partial charge is 0.222 e. The van der Waals surface area contributed by atoms with Gasteiger partial charge in [0.2, 0.25) is 11.8 Å². The molecule has 2 rings (SSSR count). The molecule has 2 amide bonds. The maximum absolute atomic E-state index is 13.5.